The molecule has 3 rings (SSSR count). The maximum absolute atomic E-state index is 12.3. The third-order valence-electron chi connectivity index (χ3n) is 4.72. The quantitative estimate of drug-likeness (QED) is 0.803. The predicted molar refractivity (Wildman–Crippen MR) is 93.4 cm³/mol. The number of hydrogen-bond donors (Lipinski definition) is 2. The molecule has 1 aliphatic rings. The number of rotatable bonds is 6. The standard InChI is InChI=1S/C17H24N6O2/c1-11-15(12(2)22-21-11)7-17(24)19-8-13-6-14(25-3)9-23(13)16-4-5-18-10-20-16/h4-5,10,13-14H,6-9H2,1-3H3,(H,19,24)(H,21,22)/t13-,14-/m1/s1. The van der Waals surface area contributed by atoms with Crippen LogP contribution in [0.25, 0.3) is 0 Å². The van der Waals surface area contributed by atoms with E-state index in [0.717, 1.165) is 35.7 Å². The number of hydrogen-bond acceptors (Lipinski definition) is 6. The third kappa shape index (κ3) is 3.96. The fourth-order valence-corrected chi connectivity index (χ4v) is 3.26. The summed E-state index contributed by atoms with van der Waals surface area (Å²) in [6.07, 6.45) is 4.58. The summed E-state index contributed by atoms with van der Waals surface area (Å²) >= 11 is 0. The average Bonchev–Trinajstić information content (AvgIpc) is 3.19. The lowest BCUT2D eigenvalue weighted by molar-refractivity contribution is -0.120. The highest BCUT2D eigenvalue weighted by Gasteiger charge is 2.33. The Morgan fingerprint density at radius 1 is 1.48 bits per heavy atom. The molecular formula is C17H24N6O2. The Morgan fingerprint density at radius 3 is 2.96 bits per heavy atom. The molecule has 2 aromatic rings. The number of nitrogens with zero attached hydrogens (tertiary/aromatic N) is 4. The van der Waals surface area contributed by atoms with Crippen LogP contribution in [0.3, 0.4) is 0 Å². The van der Waals surface area contributed by atoms with Gasteiger partial charge in [-0.2, -0.15) is 5.10 Å². The van der Waals surface area contributed by atoms with Gasteiger partial charge in [0.15, 0.2) is 0 Å². The van der Waals surface area contributed by atoms with Crippen LogP contribution in [0.2, 0.25) is 0 Å². The first-order chi connectivity index (χ1) is 12.1. The first-order valence-corrected chi connectivity index (χ1v) is 8.41. The van der Waals surface area contributed by atoms with Crippen molar-refractivity contribution in [1.82, 2.24) is 25.5 Å². The third-order valence-corrected chi connectivity index (χ3v) is 4.72. The molecule has 0 bridgehead atoms. The largest absolute Gasteiger partial charge is 0.380 e. The minimum absolute atomic E-state index is 0.00361. The zero-order chi connectivity index (χ0) is 17.8. The number of aromatic amines is 1. The monoisotopic (exact) mass is 344 g/mol. The van der Waals surface area contributed by atoms with Crippen LogP contribution in [0.15, 0.2) is 18.6 Å². The van der Waals surface area contributed by atoms with E-state index >= 15 is 0 Å². The zero-order valence-corrected chi connectivity index (χ0v) is 14.8. The highest BCUT2D eigenvalue weighted by Crippen LogP contribution is 2.24. The van der Waals surface area contributed by atoms with E-state index in [1.807, 2.05) is 19.9 Å². The number of amides is 1. The van der Waals surface area contributed by atoms with E-state index in [1.54, 1.807) is 13.3 Å². The molecule has 3 heterocycles. The minimum Gasteiger partial charge on any atom is -0.380 e. The highest BCUT2D eigenvalue weighted by molar-refractivity contribution is 5.79. The first kappa shape index (κ1) is 17.3. The summed E-state index contributed by atoms with van der Waals surface area (Å²) in [5.74, 6) is 0.853. The maximum atomic E-state index is 12.3. The highest BCUT2D eigenvalue weighted by atomic mass is 16.5. The van der Waals surface area contributed by atoms with Gasteiger partial charge in [0.05, 0.1) is 24.3 Å². The number of carbonyl (C=O) groups is 1. The Kier molecular flexibility index (Phi) is 5.28. The van der Waals surface area contributed by atoms with Crippen LogP contribution >= 0.6 is 0 Å². The molecule has 0 aliphatic carbocycles. The summed E-state index contributed by atoms with van der Waals surface area (Å²) < 4.78 is 5.51. The summed E-state index contributed by atoms with van der Waals surface area (Å²) in [5.41, 5.74) is 2.78. The fraction of sp³-hybridized carbons (Fsp3) is 0.529. The number of carbonyl (C=O) groups excluding carboxylic acids is 1. The van der Waals surface area contributed by atoms with E-state index in [-0.39, 0.29) is 18.1 Å². The topological polar surface area (TPSA) is 96.0 Å². The van der Waals surface area contributed by atoms with Gasteiger partial charge < -0.3 is 15.0 Å². The molecule has 8 heteroatoms. The fourth-order valence-electron chi connectivity index (χ4n) is 3.26. The van der Waals surface area contributed by atoms with Crippen LogP contribution in [0, 0.1) is 13.8 Å². The number of ether oxygens (including phenoxy) is 1. The Hall–Kier alpha value is -2.48. The Bertz CT molecular complexity index is 698. The maximum Gasteiger partial charge on any atom is 0.224 e. The molecule has 1 aliphatic heterocycles. The molecule has 2 N–H and O–H groups in total. The second-order valence-corrected chi connectivity index (χ2v) is 6.36. The van der Waals surface area contributed by atoms with Crippen molar-refractivity contribution < 1.29 is 9.53 Å². The van der Waals surface area contributed by atoms with Crippen molar-refractivity contribution in [3.05, 3.63) is 35.5 Å². The molecule has 1 saturated heterocycles. The smallest absolute Gasteiger partial charge is 0.224 e. The Balaban J connectivity index is 1.61. The number of anilines is 1. The number of aromatic nitrogens is 4. The van der Waals surface area contributed by atoms with Crippen molar-refractivity contribution in [3.63, 3.8) is 0 Å². The molecule has 25 heavy (non-hydrogen) atoms. The number of H-pyrrole nitrogens is 1. The average molecular weight is 344 g/mol. The molecule has 8 nitrogen and oxygen atoms in total. The molecule has 0 spiro atoms. The number of methoxy groups -OCH3 is 1. The van der Waals surface area contributed by atoms with Crippen molar-refractivity contribution in [1.29, 1.82) is 0 Å². The SMILES string of the molecule is CO[C@@H]1C[C@H](CNC(=O)Cc2c(C)n[nH]c2C)N(c2ccncn2)C1. The van der Waals surface area contributed by atoms with Crippen molar-refractivity contribution in [2.75, 3.05) is 25.1 Å². The normalized spacial score (nSPS) is 20.0. The molecular weight excluding hydrogens is 320 g/mol. The lowest BCUT2D eigenvalue weighted by Crippen LogP contribution is -2.41. The molecule has 134 valence electrons. The lowest BCUT2D eigenvalue weighted by atomic mass is 10.1. The van der Waals surface area contributed by atoms with Crippen LogP contribution in [0.1, 0.15) is 23.4 Å². The molecule has 1 fully saturated rings. The van der Waals surface area contributed by atoms with E-state index in [4.69, 9.17) is 4.74 Å². The Labute approximate surface area is 147 Å². The van der Waals surface area contributed by atoms with Gasteiger partial charge in [0.2, 0.25) is 5.91 Å². The molecule has 0 aromatic carbocycles. The van der Waals surface area contributed by atoms with Crippen molar-refractivity contribution in [2.45, 2.75) is 38.8 Å². The van der Waals surface area contributed by atoms with E-state index in [9.17, 15) is 4.79 Å². The second-order valence-electron chi connectivity index (χ2n) is 6.36. The summed E-state index contributed by atoms with van der Waals surface area (Å²) in [7, 11) is 1.72. The van der Waals surface area contributed by atoms with Gasteiger partial charge in [-0.15, -0.1) is 0 Å². The van der Waals surface area contributed by atoms with E-state index < -0.39 is 0 Å². The Morgan fingerprint density at radius 2 is 2.32 bits per heavy atom. The predicted octanol–water partition coefficient (Wildman–Crippen LogP) is 0.769. The summed E-state index contributed by atoms with van der Waals surface area (Å²) in [4.78, 5) is 22.8. The van der Waals surface area contributed by atoms with Gasteiger partial charge >= 0.3 is 0 Å². The molecule has 2 atom stereocenters. The zero-order valence-electron chi connectivity index (χ0n) is 14.8. The van der Waals surface area contributed by atoms with Crippen LogP contribution in [-0.2, 0) is 16.0 Å². The molecule has 1 amide bonds. The van der Waals surface area contributed by atoms with Gasteiger partial charge in [0, 0.05) is 37.7 Å². The van der Waals surface area contributed by atoms with Gasteiger partial charge in [-0.05, 0) is 26.3 Å². The minimum atomic E-state index is -0.00361. The van der Waals surface area contributed by atoms with Crippen molar-refractivity contribution >= 4 is 11.7 Å². The summed E-state index contributed by atoms with van der Waals surface area (Å²) in [6.45, 7) is 5.15. The van der Waals surface area contributed by atoms with E-state index in [2.05, 4.69) is 30.4 Å². The number of nitrogens with one attached hydrogen (secondary N) is 2. The first-order valence-electron chi connectivity index (χ1n) is 8.41. The van der Waals surface area contributed by atoms with Crippen LogP contribution < -0.4 is 10.2 Å². The summed E-state index contributed by atoms with van der Waals surface area (Å²) in [5, 5.41) is 10.1. The van der Waals surface area contributed by atoms with E-state index in [0.29, 0.717) is 13.0 Å². The van der Waals surface area contributed by atoms with Gasteiger partial charge in [-0.1, -0.05) is 0 Å². The van der Waals surface area contributed by atoms with Crippen LogP contribution in [0.4, 0.5) is 5.82 Å². The summed E-state index contributed by atoms with van der Waals surface area (Å²) in [6, 6.07) is 2.03. The van der Waals surface area contributed by atoms with E-state index in [1.165, 1.54) is 6.33 Å². The lowest BCUT2D eigenvalue weighted by Gasteiger charge is -2.25. The van der Waals surface area contributed by atoms with Crippen LogP contribution in [-0.4, -0.2) is 58.4 Å². The molecule has 0 radical (unpaired) electrons. The van der Waals surface area contributed by atoms with Gasteiger partial charge in [0.1, 0.15) is 12.1 Å². The van der Waals surface area contributed by atoms with Crippen molar-refractivity contribution in [2.24, 2.45) is 0 Å². The molecule has 2 aromatic heterocycles. The van der Waals surface area contributed by atoms with Gasteiger partial charge in [-0.3, -0.25) is 9.89 Å². The molecule has 0 unspecified atom stereocenters. The number of aryl methyl sites for hydroxylation is 2. The molecule has 0 saturated carbocycles. The van der Waals surface area contributed by atoms with Gasteiger partial charge in [0.25, 0.3) is 0 Å². The van der Waals surface area contributed by atoms with Crippen molar-refractivity contribution in [3.8, 4) is 0 Å². The second kappa shape index (κ2) is 7.60. The van der Waals surface area contributed by atoms with Gasteiger partial charge in [-0.25, -0.2) is 9.97 Å². The van der Waals surface area contributed by atoms with Crippen LogP contribution in [0.5, 0.6) is 0 Å².